The molecule has 10 nitrogen and oxygen atoms in total. The minimum Gasteiger partial charge on any atom is -0.507 e. The van der Waals surface area contributed by atoms with Crippen LogP contribution in [0.15, 0.2) is 82.7 Å². The first-order valence-electron chi connectivity index (χ1n) is 13.3. The summed E-state index contributed by atoms with van der Waals surface area (Å²) in [5, 5.41) is 31.2. The van der Waals surface area contributed by atoms with Crippen LogP contribution in [-0.2, 0) is 15.3 Å². The number of aromatic nitrogens is 2. The Labute approximate surface area is 254 Å². The number of benzene rings is 3. The van der Waals surface area contributed by atoms with Crippen LogP contribution < -0.4 is 9.64 Å². The Morgan fingerprint density at radius 1 is 1.12 bits per heavy atom. The van der Waals surface area contributed by atoms with Crippen molar-refractivity contribution in [3.05, 3.63) is 111 Å². The molecule has 5 rings (SSSR count). The molecule has 1 atom stereocenters. The standard InChI is InChI=1S/C30H25FN4O6S2/c1-2-3-15-41-22-13-11-18(12-14-22)26(36)24-25(19-8-6-9-21(16-19)35(39)40)34(28(38)27(24)37)29-32-33-30(43-29)42-17-20-7-4-5-10-23(20)31/h4-14,16,25,36H,2-3,15,17H2,1H3/t25-/m1/s1. The van der Waals surface area contributed by atoms with Gasteiger partial charge in [-0.1, -0.05) is 66.8 Å². The normalized spacial score (nSPS) is 16.0. The third-order valence-corrected chi connectivity index (χ3v) is 8.75. The molecule has 0 saturated carbocycles. The van der Waals surface area contributed by atoms with Crippen molar-refractivity contribution in [2.75, 3.05) is 11.5 Å². The average molecular weight is 621 g/mol. The van der Waals surface area contributed by atoms with Crippen LogP contribution in [0, 0.1) is 15.9 Å². The zero-order chi connectivity index (χ0) is 30.5. The number of ether oxygens (including phenoxy) is 1. The van der Waals surface area contributed by atoms with Crippen LogP contribution in [-0.4, -0.2) is 38.5 Å². The number of aliphatic hydroxyl groups excluding tert-OH is 1. The zero-order valence-corrected chi connectivity index (χ0v) is 24.4. The molecule has 1 aromatic heterocycles. The Hall–Kier alpha value is -4.62. The lowest BCUT2D eigenvalue weighted by molar-refractivity contribution is -0.384. The number of nitro benzene ring substituents is 1. The van der Waals surface area contributed by atoms with Gasteiger partial charge in [-0.3, -0.25) is 24.6 Å². The molecule has 1 aliphatic rings. The highest BCUT2D eigenvalue weighted by molar-refractivity contribution is 8.00. The first-order chi connectivity index (χ1) is 20.8. The van der Waals surface area contributed by atoms with Gasteiger partial charge in [-0.2, -0.15) is 0 Å². The van der Waals surface area contributed by atoms with Gasteiger partial charge in [0.1, 0.15) is 17.3 Å². The molecule has 1 fully saturated rings. The lowest BCUT2D eigenvalue weighted by Gasteiger charge is -2.22. The SMILES string of the molecule is CCCCOc1ccc(C(O)=C2C(=O)C(=O)N(c3nnc(SCc4ccccc4F)s3)[C@@H]2c2cccc([N+](=O)[O-])c2)cc1. The van der Waals surface area contributed by atoms with Gasteiger partial charge in [0, 0.05) is 23.4 Å². The Morgan fingerprint density at radius 2 is 1.88 bits per heavy atom. The third-order valence-electron chi connectivity index (χ3n) is 6.65. The topological polar surface area (TPSA) is 136 Å². The van der Waals surface area contributed by atoms with E-state index in [4.69, 9.17) is 4.74 Å². The highest BCUT2D eigenvalue weighted by Crippen LogP contribution is 2.44. The first kappa shape index (κ1) is 29.9. The van der Waals surface area contributed by atoms with Gasteiger partial charge in [-0.15, -0.1) is 10.2 Å². The maximum absolute atomic E-state index is 14.1. The van der Waals surface area contributed by atoms with Crippen molar-refractivity contribution < 1.29 is 28.7 Å². The summed E-state index contributed by atoms with van der Waals surface area (Å²) in [6.45, 7) is 2.58. The number of carbonyl (C=O) groups is 2. The molecule has 4 aromatic rings. The van der Waals surface area contributed by atoms with Gasteiger partial charge in [0.05, 0.1) is 23.1 Å². The summed E-state index contributed by atoms with van der Waals surface area (Å²) in [7, 11) is 0. The van der Waals surface area contributed by atoms with Crippen molar-refractivity contribution in [2.45, 2.75) is 35.9 Å². The van der Waals surface area contributed by atoms with E-state index in [9.17, 15) is 29.2 Å². The zero-order valence-electron chi connectivity index (χ0n) is 22.8. The van der Waals surface area contributed by atoms with E-state index >= 15 is 0 Å². The summed E-state index contributed by atoms with van der Waals surface area (Å²) < 4.78 is 20.2. The van der Waals surface area contributed by atoms with Crippen molar-refractivity contribution in [3.8, 4) is 5.75 Å². The molecule has 43 heavy (non-hydrogen) atoms. The Bertz CT molecular complexity index is 1710. The lowest BCUT2D eigenvalue weighted by atomic mass is 9.95. The number of rotatable bonds is 11. The van der Waals surface area contributed by atoms with Crippen LogP contribution in [0.4, 0.5) is 15.2 Å². The second-order valence-electron chi connectivity index (χ2n) is 9.48. The number of nitrogens with zero attached hydrogens (tertiary/aromatic N) is 4. The molecule has 1 N–H and O–H groups in total. The van der Waals surface area contributed by atoms with Gasteiger partial charge < -0.3 is 9.84 Å². The maximum atomic E-state index is 14.1. The fourth-order valence-corrected chi connectivity index (χ4v) is 6.32. The van der Waals surface area contributed by atoms with E-state index in [1.807, 2.05) is 6.92 Å². The lowest BCUT2D eigenvalue weighted by Crippen LogP contribution is -2.29. The van der Waals surface area contributed by atoms with E-state index in [0.717, 1.165) is 29.1 Å². The second-order valence-corrected chi connectivity index (χ2v) is 11.7. The predicted octanol–water partition coefficient (Wildman–Crippen LogP) is 6.68. The van der Waals surface area contributed by atoms with E-state index in [-0.39, 0.29) is 39.1 Å². The largest absolute Gasteiger partial charge is 0.507 e. The number of hydrogen-bond donors (Lipinski definition) is 1. The Morgan fingerprint density at radius 3 is 2.60 bits per heavy atom. The molecule has 13 heteroatoms. The van der Waals surface area contributed by atoms with Crippen molar-refractivity contribution in [2.24, 2.45) is 0 Å². The monoisotopic (exact) mass is 620 g/mol. The summed E-state index contributed by atoms with van der Waals surface area (Å²) in [6, 6.07) is 17.0. The molecule has 1 amide bonds. The van der Waals surface area contributed by atoms with E-state index in [1.165, 1.54) is 42.1 Å². The number of aliphatic hydroxyl groups is 1. The number of halogens is 1. The van der Waals surface area contributed by atoms with Crippen molar-refractivity contribution >= 4 is 51.4 Å². The number of carbonyl (C=O) groups excluding carboxylic acids is 2. The smallest absolute Gasteiger partial charge is 0.301 e. The number of unbranched alkanes of at least 4 members (excludes halogenated alkanes) is 1. The Balaban J connectivity index is 1.53. The summed E-state index contributed by atoms with van der Waals surface area (Å²) in [5.41, 5.74) is 0.443. The van der Waals surface area contributed by atoms with Crippen molar-refractivity contribution in [3.63, 3.8) is 0 Å². The number of nitro groups is 1. The van der Waals surface area contributed by atoms with Gasteiger partial charge in [0.25, 0.3) is 11.5 Å². The van der Waals surface area contributed by atoms with Crippen molar-refractivity contribution in [1.29, 1.82) is 0 Å². The minimum absolute atomic E-state index is 0.0494. The highest BCUT2D eigenvalue weighted by Gasteiger charge is 2.48. The number of anilines is 1. The molecule has 2 heterocycles. The van der Waals surface area contributed by atoms with Gasteiger partial charge in [0.2, 0.25) is 5.13 Å². The van der Waals surface area contributed by atoms with E-state index in [0.29, 0.717) is 22.3 Å². The number of ketones is 1. The number of Topliss-reactive ketones (excluding diaryl/α,β-unsaturated/α-hetero) is 1. The second kappa shape index (κ2) is 13.1. The van der Waals surface area contributed by atoms with E-state index in [1.54, 1.807) is 42.5 Å². The fourth-order valence-electron chi connectivity index (χ4n) is 4.47. The number of hydrogen-bond acceptors (Lipinski definition) is 10. The van der Waals surface area contributed by atoms with Crippen LogP contribution in [0.1, 0.15) is 42.5 Å². The van der Waals surface area contributed by atoms with Gasteiger partial charge in [0.15, 0.2) is 4.34 Å². The van der Waals surface area contributed by atoms with Gasteiger partial charge >= 0.3 is 5.91 Å². The molecule has 0 aliphatic carbocycles. The number of amides is 1. The maximum Gasteiger partial charge on any atom is 0.301 e. The van der Waals surface area contributed by atoms with Gasteiger partial charge in [-0.25, -0.2) is 4.39 Å². The molecule has 3 aromatic carbocycles. The predicted molar refractivity (Wildman–Crippen MR) is 161 cm³/mol. The summed E-state index contributed by atoms with van der Waals surface area (Å²) in [6.07, 6.45) is 1.85. The quantitative estimate of drug-likeness (QED) is 0.0284. The first-order valence-corrected chi connectivity index (χ1v) is 15.1. The van der Waals surface area contributed by atoms with Crippen molar-refractivity contribution in [1.82, 2.24) is 10.2 Å². The molecule has 0 radical (unpaired) electrons. The molecule has 1 aliphatic heterocycles. The summed E-state index contributed by atoms with van der Waals surface area (Å²) in [4.78, 5) is 39.0. The molecular formula is C30H25FN4O6S2. The average Bonchev–Trinajstić information content (AvgIpc) is 3.58. The molecule has 0 unspecified atom stereocenters. The molecule has 0 bridgehead atoms. The number of thioether (sulfide) groups is 1. The Kier molecular flexibility index (Phi) is 9.12. The molecular weight excluding hydrogens is 595 g/mol. The fraction of sp³-hybridized carbons (Fsp3) is 0.200. The number of non-ortho nitro benzene ring substituents is 1. The third kappa shape index (κ3) is 6.42. The minimum atomic E-state index is -1.22. The molecule has 220 valence electrons. The van der Waals surface area contributed by atoms with Crippen LogP contribution in [0.5, 0.6) is 5.75 Å². The van der Waals surface area contributed by atoms with Crippen LogP contribution in [0.2, 0.25) is 0 Å². The van der Waals surface area contributed by atoms with Crippen LogP contribution >= 0.6 is 23.1 Å². The summed E-state index contributed by atoms with van der Waals surface area (Å²) in [5.74, 6) is -1.93. The van der Waals surface area contributed by atoms with E-state index < -0.39 is 28.4 Å². The van der Waals surface area contributed by atoms with Crippen LogP contribution in [0.3, 0.4) is 0 Å². The van der Waals surface area contributed by atoms with E-state index in [2.05, 4.69) is 10.2 Å². The van der Waals surface area contributed by atoms with Crippen LogP contribution in [0.25, 0.3) is 5.76 Å². The van der Waals surface area contributed by atoms with Gasteiger partial charge in [-0.05, 0) is 47.9 Å². The highest BCUT2D eigenvalue weighted by atomic mass is 32.2. The molecule has 0 spiro atoms. The molecule has 1 saturated heterocycles. The summed E-state index contributed by atoms with van der Waals surface area (Å²) >= 11 is 2.21.